The third-order valence-electron chi connectivity index (χ3n) is 5.08. The quantitative estimate of drug-likeness (QED) is 0.610. The Hall–Kier alpha value is -3.35. The number of ether oxygens (including phenoxy) is 1. The number of nitrogens with one attached hydrogen (secondary N) is 2. The van der Waals surface area contributed by atoms with Crippen LogP contribution in [0, 0.1) is 6.92 Å². The van der Waals surface area contributed by atoms with E-state index in [1.807, 2.05) is 75.4 Å². The van der Waals surface area contributed by atoms with E-state index in [9.17, 15) is 14.4 Å². The van der Waals surface area contributed by atoms with E-state index < -0.39 is 23.8 Å². The monoisotopic (exact) mass is 467 g/mol. The zero-order valence-corrected chi connectivity index (χ0v) is 21.2. The van der Waals surface area contributed by atoms with Crippen molar-refractivity contribution in [2.45, 2.75) is 71.7 Å². The fourth-order valence-corrected chi connectivity index (χ4v) is 3.54. The number of benzene rings is 2. The van der Waals surface area contributed by atoms with E-state index in [2.05, 4.69) is 10.6 Å². The lowest BCUT2D eigenvalue weighted by atomic mass is 10.00. The third-order valence-corrected chi connectivity index (χ3v) is 5.08. The van der Waals surface area contributed by atoms with Gasteiger partial charge in [-0.2, -0.15) is 0 Å². The van der Waals surface area contributed by atoms with E-state index in [1.165, 1.54) is 4.90 Å². The first-order valence-corrected chi connectivity index (χ1v) is 11.5. The summed E-state index contributed by atoms with van der Waals surface area (Å²) >= 11 is 0. The number of hydrogen-bond donors (Lipinski definition) is 2. The summed E-state index contributed by atoms with van der Waals surface area (Å²) in [5.41, 5.74) is 1.91. The number of rotatable bonds is 8. The maximum absolute atomic E-state index is 13.7. The lowest BCUT2D eigenvalue weighted by Crippen LogP contribution is -2.53. The Balaban J connectivity index is 2.38. The van der Waals surface area contributed by atoms with E-state index in [4.69, 9.17) is 4.74 Å². The summed E-state index contributed by atoms with van der Waals surface area (Å²) in [6.45, 7) is 11.0. The summed E-state index contributed by atoms with van der Waals surface area (Å²) in [6.07, 6.45) is -0.427. The van der Waals surface area contributed by atoms with Gasteiger partial charge in [0.1, 0.15) is 17.7 Å². The number of carbonyl (C=O) groups excluding carboxylic acids is 3. The Labute approximate surface area is 202 Å². The number of amides is 3. The van der Waals surface area contributed by atoms with Crippen LogP contribution in [0.2, 0.25) is 0 Å². The number of alkyl carbamates (subject to hydrolysis) is 1. The van der Waals surface area contributed by atoms with E-state index in [1.54, 1.807) is 27.8 Å². The summed E-state index contributed by atoms with van der Waals surface area (Å²) in [5, 5.41) is 5.62. The summed E-state index contributed by atoms with van der Waals surface area (Å²) in [4.78, 5) is 40.8. The molecule has 7 heteroatoms. The van der Waals surface area contributed by atoms with Gasteiger partial charge in [-0.1, -0.05) is 60.2 Å². The summed E-state index contributed by atoms with van der Waals surface area (Å²) in [7, 11) is 1.58. The van der Waals surface area contributed by atoms with Crippen LogP contribution in [0.5, 0.6) is 0 Å². The van der Waals surface area contributed by atoms with Gasteiger partial charge < -0.3 is 20.3 Å². The molecule has 0 fully saturated rings. The molecule has 34 heavy (non-hydrogen) atoms. The highest BCUT2D eigenvalue weighted by Crippen LogP contribution is 2.22. The standard InChI is InChI=1S/C27H37N3O4/c1-18(2)28-24(31)23(21-15-13-19(3)14-16-21)30(7)25(32)22(17-20-11-9-8-10-12-20)29-26(33)34-27(4,5)6/h8-16,18,22-23H,17H2,1-7H3,(H,28,31)(H,29,33). The first-order chi connectivity index (χ1) is 15.9. The van der Waals surface area contributed by atoms with E-state index in [0.29, 0.717) is 5.56 Å². The molecule has 0 saturated carbocycles. The minimum Gasteiger partial charge on any atom is -0.444 e. The number of nitrogens with zero attached hydrogens (tertiary/aromatic N) is 1. The number of carbonyl (C=O) groups is 3. The van der Waals surface area contributed by atoms with Crippen LogP contribution >= 0.6 is 0 Å². The van der Waals surface area contributed by atoms with Gasteiger partial charge in [0.05, 0.1) is 0 Å². The Morgan fingerprint density at radius 1 is 0.941 bits per heavy atom. The minimum atomic E-state index is -0.915. The second-order valence-corrected chi connectivity index (χ2v) is 9.81. The fraction of sp³-hybridized carbons (Fsp3) is 0.444. The van der Waals surface area contributed by atoms with Gasteiger partial charge in [0, 0.05) is 19.5 Å². The first kappa shape index (κ1) is 26.9. The molecule has 2 aromatic carbocycles. The van der Waals surface area contributed by atoms with Gasteiger partial charge >= 0.3 is 6.09 Å². The molecular formula is C27H37N3O4. The van der Waals surface area contributed by atoms with E-state index in [0.717, 1.165) is 11.1 Å². The highest BCUT2D eigenvalue weighted by atomic mass is 16.6. The largest absolute Gasteiger partial charge is 0.444 e. The highest BCUT2D eigenvalue weighted by Gasteiger charge is 2.34. The van der Waals surface area contributed by atoms with Crippen molar-refractivity contribution in [3.63, 3.8) is 0 Å². The molecule has 2 unspecified atom stereocenters. The van der Waals surface area contributed by atoms with Crippen molar-refractivity contribution in [2.24, 2.45) is 0 Å². The molecule has 0 aromatic heterocycles. The summed E-state index contributed by atoms with van der Waals surface area (Å²) < 4.78 is 5.39. The molecule has 0 spiro atoms. The van der Waals surface area contributed by atoms with Crippen LogP contribution in [-0.2, 0) is 20.7 Å². The lowest BCUT2D eigenvalue weighted by molar-refractivity contribution is -0.141. The van der Waals surface area contributed by atoms with Crippen LogP contribution in [0.3, 0.4) is 0 Å². The fourth-order valence-electron chi connectivity index (χ4n) is 3.54. The maximum atomic E-state index is 13.7. The van der Waals surface area contributed by atoms with Crippen LogP contribution in [-0.4, -0.2) is 47.5 Å². The van der Waals surface area contributed by atoms with Crippen molar-refractivity contribution in [2.75, 3.05) is 7.05 Å². The molecule has 0 aliphatic rings. The molecule has 3 amide bonds. The first-order valence-electron chi connectivity index (χ1n) is 11.5. The molecule has 0 aliphatic heterocycles. The van der Waals surface area contributed by atoms with Crippen molar-refractivity contribution in [1.29, 1.82) is 0 Å². The van der Waals surface area contributed by atoms with Gasteiger partial charge in [-0.25, -0.2) is 4.79 Å². The predicted octanol–water partition coefficient (Wildman–Crippen LogP) is 4.16. The topological polar surface area (TPSA) is 87.7 Å². The summed E-state index contributed by atoms with van der Waals surface area (Å²) in [6, 6.07) is 15.1. The highest BCUT2D eigenvalue weighted by molar-refractivity contribution is 5.92. The molecule has 0 aliphatic carbocycles. The van der Waals surface area contributed by atoms with Gasteiger partial charge in [0.25, 0.3) is 0 Å². The molecule has 0 bridgehead atoms. The summed E-state index contributed by atoms with van der Waals surface area (Å²) in [5.74, 6) is -0.676. The van der Waals surface area contributed by atoms with Crippen LogP contribution in [0.25, 0.3) is 0 Å². The number of likely N-dealkylation sites (N-methyl/N-ethyl adjacent to an activating group) is 1. The Morgan fingerprint density at radius 2 is 1.53 bits per heavy atom. The van der Waals surface area contributed by atoms with Gasteiger partial charge in [0.2, 0.25) is 11.8 Å². The molecular weight excluding hydrogens is 430 g/mol. The third kappa shape index (κ3) is 8.21. The van der Waals surface area contributed by atoms with E-state index in [-0.39, 0.29) is 24.3 Å². The Morgan fingerprint density at radius 3 is 2.06 bits per heavy atom. The molecule has 2 aromatic rings. The minimum absolute atomic E-state index is 0.0936. The smallest absolute Gasteiger partial charge is 0.408 e. The molecule has 0 radical (unpaired) electrons. The average molecular weight is 468 g/mol. The Kier molecular flexibility index (Phi) is 9.24. The van der Waals surface area contributed by atoms with Crippen molar-refractivity contribution < 1.29 is 19.1 Å². The lowest BCUT2D eigenvalue weighted by Gasteiger charge is -2.32. The van der Waals surface area contributed by atoms with Crippen LogP contribution in [0.4, 0.5) is 4.79 Å². The van der Waals surface area contributed by atoms with Gasteiger partial charge in [-0.15, -0.1) is 0 Å². The zero-order valence-electron chi connectivity index (χ0n) is 21.2. The van der Waals surface area contributed by atoms with Crippen molar-refractivity contribution in [3.8, 4) is 0 Å². The van der Waals surface area contributed by atoms with Gasteiger partial charge in [0.15, 0.2) is 0 Å². The molecule has 2 rings (SSSR count). The van der Waals surface area contributed by atoms with E-state index >= 15 is 0 Å². The van der Waals surface area contributed by atoms with Crippen LogP contribution in [0.1, 0.15) is 57.4 Å². The average Bonchev–Trinajstić information content (AvgIpc) is 2.73. The van der Waals surface area contributed by atoms with Crippen LogP contribution in [0.15, 0.2) is 54.6 Å². The normalized spacial score (nSPS) is 13.1. The van der Waals surface area contributed by atoms with Crippen molar-refractivity contribution in [3.05, 3.63) is 71.3 Å². The number of aryl methyl sites for hydroxylation is 1. The molecule has 0 saturated heterocycles. The second kappa shape index (κ2) is 11.7. The van der Waals surface area contributed by atoms with Crippen LogP contribution < -0.4 is 10.6 Å². The second-order valence-electron chi connectivity index (χ2n) is 9.81. The molecule has 184 valence electrons. The van der Waals surface area contributed by atoms with Gasteiger partial charge in [-0.3, -0.25) is 9.59 Å². The molecule has 0 heterocycles. The van der Waals surface area contributed by atoms with Gasteiger partial charge in [-0.05, 0) is 52.7 Å². The number of hydrogen-bond acceptors (Lipinski definition) is 4. The molecule has 2 N–H and O–H groups in total. The molecule has 2 atom stereocenters. The predicted molar refractivity (Wildman–Crippen MR) is 133 cm³/mol. The van der Waals surface area contributed by atoms with Crippen molar-refractivity contribution >= 4 is 17.9 Å². The Bertz CT molecular complexity index is 962. The maximum Gasteiger partial charge on any atom is 0.408 e. The van der Waals surface area contributed by atoms with Crippen molar-refractivity contribution in [1.82, 2.24) is 15.5 Å². The SMILES string of the molecule is Cc1ccc(C(C(=O)NC(C)C)N(C)C(=O)C(Cc2ccccc2)NC(=O)OC(C)(C)C)cc1. The zero-order chi connectivity index (χ0) is 25.5. The molecule has 7 nitrogen and oxygen atoms in total.